The standard InChI is InChI=1S/C25H23ClN2O3/c1-31-23-8-3-2-7-22(23)19-5-4-6-20(17-19)25(30)28-15-13-27(14-16-28)24(29)18-9-11-21(26)12-10-18/h2-12,17H,13-16H2,1H3. The Hall–Kier alpha value is -3.31. The highest BCUT2D eigenvalue weighted by atomic mass is 35.5. The summed E-state index contributed by atoms with van der Waals surface area (Å²) in [5, 5.41) is 0.599. The number of carbonyl (C=O) groups excluding carboxylic acids is 2. The zero-order valence-corrected chi connectivity index (χ0v) is 18.0. The van der Waals surface area contributed by atoms with E-state index in [4.69, 9.17) is 16.3 Å². The zero-order valence-electron chi connectivity index (χ0n) is 17.3. The van der Waals surface area contributed by atoms with Gasteiger partial charge in [-0.3, -0.25) is 9.59 Å². The van der Waals surface area contributed by atoms with Crippen molar-refractivity contribution in [2.24, 2.45) is 0 Å². The minimum absolute atomic E-state index is 0.0321. The summed E-state index contributed by atoms with van der Waals surface area (Å²) in [6.45, 7) is 1.99. The molecule has 4 rings (SSSR count). The molecule has 0 saturated carbocycles. The van der Waals surface area contributed by atoms with Crippen molar-refractivity contribution in [3.63, 3.8) is 0 Å². The summed E-state index contributed by atoms with van der Waals surface area (Å²) in [5.74, 6) is 0.693. The summed E-state index contributed by atoms with van der Waals surface area (Å²) in [7, 11) is 1.64. The molecule has 0 aliphatic carbocycles. The highest BCUT2D eigenvalue weighted by Crippen LogP contribution is 2.30. The molecule has 0 radical (unpaired) electrons. The van der Waals surface area contributed by atoms with Crippen molar-refractivity contribution >= 4 is 23.4 Å². The van der Waals surface area contributed by atoms with Crippen molar-refractivity contribution in [3.05, 3.63) is 88.9 Å². The Morgan fingerprint density at radius 1 is 0.774 bits per heavy atom. The largest absolute Gasteiger partial charge is 0.496 e. The van der Waals surface area contributed by atoms with Gasteiger partial charge in [0.05, 0.1) is 7.11 Å². The number of ether oxygens (including phenoxy) is 1. The first-order valence-electron chi connectivity index (χ1n) is 10.1. The second-order valence-electron chi connectivity index (χ2n) is 7.37. The lowest BCUT2D eigenvalue weighted by Crippen LogP contribution is -2.50. The Morgan fingerprint density at radius 3 is 2.03 bits per heavy atom. The second-order valence-corrected chi connectivity index (χ2v) is 7.81. The number of methoxy groups -OCH3 is 1. The van der Waals surface area contributed by atoms with E-state index in [9.17, 15) is 9.59 Å². The Balaban J connectivity index is 1.44. The maximum absolute atomic E-state index is 13.1. The lowest BCUT2D eigenvalue weighted by molar-refractivity contribution is 0.0535. The molecular weight excluding hydrogens is 412 g/mol. The fourth-order valence-corrected chi connectivity index (χ4v) is 3.90. The van der Waals surface area contributed by atoms with Crippen molar-refractivity contribution in [2.45, 2.75) is 0 Å². The third-order valence-electron chi connectivity index (χ3n) is 5.47. The predicted octanol–water partition coefficient (Wildman–Crippen LogP) is 4.61. The molecule has 2 amide bonds. The zero-order chi connectivity index (χ0) is 21.8. The van der Waals surface area contributed by atoms with E-state index in [1.54, 1.807) is 41.2 Å². The van der Waals surface area contributed by atoms with Gasteiger partial charge in [0.2, 0.25) is 0 Å². The smallest absolute Gasteiger partial charge is 0.253 e. The van der Waals surface area contributed by atoms with E-state index in [-0.39, 0.29) is 11.8 Å². The Morgan fingerprint density at radius 2 is 1.39 bits per heavy atom. The highest BCUT2D eigenvalue weighted by Gasteiger charge is 2.25. The molecule has 1 aliphatic rings. The number of nitrogens with zero attached hydrogens (tertiary/aromatic N) is 2. The van der Waals surface area contributed by atoms with E-state index in [1.807, 2.05) is 48.5 Å². The van der Waals surface area contributed by atoms with Crippen LogP contribution in [0.3, 0.4) is 0 Å². The summed E-state index contributed by atoms with van der Waals surface area (Å²) >= 11 is 5.91. The summed E-state index contributed by atoms with van der Waals surface area (Å²) in [5.41, 5.74) is 3.10. The first-order chi connectivity index (χ1) is 15.1. The van der Waals surface area contributed by atoms with E-state index in [2.05, 4.69) is 0 Å². The Kier molecular flexibility index (Phi) is 6.23. The van der Waals surface area contributed by atoms with Crippen LogP contribution in [0.5, 0.6) is 5.75 Å². The van der Waals surface area contributed by atoms with Crippen LogP contribution in [0, 0.1) is 0 Å². The Labute approximate surface area is 186 Å². The third-order valence-corrected chi connectivity index (χ3v) is 5.72. The number of halogens is 1. The first kappa shape index (κ1) is 20.9. The fraction of sp³-hybridized carbons (Fsp3) is 0.200. The van der Waals surface area contributed by atoms with Crippen LogP contribution < -0.4 is 4.74 Å². The fourth-order valence-electron chi connectivity index (χ4n) is 3.77. The Bertz CT molecular complexity index is 1090. The van der Waals surface area contributed by atoms with E-state index in [0.29, 0.717) is 42.3 Å². The number of piperazine rings is 1. The number of amides is 2. The van der Waals surface area contributed by atoms with Crippen LogP contribution in [0.4, 0.5) is 0 Å². The van der Waals surface area contributed by atoms with Gasteiger partial charge in [0.15, 0.2) is 0 Å². The van der Waals surface area contributed by atoms with Gasteiger partial charge < -0.3 is 14.5 Å². The van der Waals surface area contributed by atoms with Gasteiger partial charge in [-0.2, -0.15) is 0 Å². The van der Waals surface area contributed by atoms with E-state index < -0.39 is 0 Å². The molecule has 0 atom stereocenters. The van der Waals surface area contributed by atoms with Crippen LogP contribution in [-0.4, -0.2) is 54.9 Å². The van der Waals surface area contributed by atoms with E-state index >= 15 is 0 Å². The van der Waals surface area contributed by atoms with Crippen LogP contribution >= 0.6 is 11.6 Å². The molecule has 0 spiro atoms. The molecule has 0 N–H and O–H groups in total. The molecule has 0 unspecified atom stereocenters. The molecule has 5 nitrogen and oxygen atoms in total. The van der Waals surface area contributed by atoms with Gasteiger partial charge in [-0.15, -0.1) is 0 Å². The van der Waals surface area contributed by atoms with Gasteiger partial charge in [0.25, 0.3) is 11.8 Å². The third kappa shape index (κ3) is 4.57. The van der Waals surface area contributed by atoms with Gasteiger partial charge in [-0.25, -0.2) is 0 Å². The number of rotatable bonds is 4. The minimum atomic E-state index is -0.0399. The van der Waals surface area contributed by atoms with Crippen LogP contribution in [-0.2, 0) is 0 Å². The average Bonchev–Trinajstić information content (AvgIpc) is 2.84. The van der Waals surface area contributed by atoms with Crippen molar-refractivity contribution in [2.75, 3.05) is 33.3 Å². The topological polar surface area (TPSA) is 49.9 Å². The van der Waals surface area contributed by atoms with Gasteiger partial charge in [0, 0.05) is 47.9 Å². The number of benzene rings is 3. The maximum Gasteiger partial charge on any atom is 0.253 e. The molecule has 1 aliphatic heterocycles. The van der Waals surface area contributed by atoms with Crippen LogP contribution in [0.25, 0.3) is 11.1 Å². The minimum Gasteiger partial charge on any atom is -0.496 e. The average molecular weight is 435 g/mol. The van der Waals surface area contributed by atoms with Crippen LogP contribution in [0.2, 0.25) is 5.02 Å². The SMILES string of the molecule is COc1ccccc1-c1cccc(C(=O)N2CCN(C(=O)c3ccc(Cl)cc3)CC2)c1. The van der Waals surface area contributed by atoms with Gasteiger partial charge in [-0.1, -0.05) is 41.9 Å². The predicted molar refractivity (Wildman–Crippen MR) is 122 cm³/mol. The monoisotopic (exact) mass is 434 g/mol. The van der Waals surface area contributed by atoms with Crippen LogP contribution in [0.1, 0.15) is 20.7 Å². The second kappa shape index (κ2) is 9.23. The van der Waals surface area contributed by atoms with Gasteiger partial charge >= 0.3 is 0 Å². The summed E-state index contributed by atoms with van der Waals surface area (Å²) < 4.78 is 5.45. The normalized spacial score (nSPS) is 13.7. The number of para-hydroxylation sites is 1. The number of hydrogen-bond acceptors (Lipinski definition) is 3. The molecule has 6 heteroatoms. The van der Waals surface area contributed by atoms with Crippen molar-refractivity contribution < 1.29 is 14.3 Å². The van der Waals surface area contributed by atoms with Crippen molar-refractivity contribution in [1.29, 1.82) is 0 Å². The molecule has 1 heterocycles. The molecule has 3 aromatic rings. The van der Waals surface area contributed by atoms with Crippen molar-refractivity contribution in [3.8, 4) is 16.9 Å². The lowest BCUT2D eigenvalue weighted by atomic mass is 10.0. The van der Waals surface area contributed by atoms with Gasteiger partial charge in [-0.05, 0) is 48.0 Å². The molecule has 0 aromatic heterocycles. The molecule has 31 heavy (non-hydrogen) atoms. The van der Waals surface area contributed by atoms with E-state index in [1.165, 1.54) is 0 Å². The molecule has 0 bridgehead atoms. The quantitative estimate of drug-likeness (QED) is 0.602. The molecule has 1 fully saturated rings. The highest BCUT2D eigenvalue weighted by molar-refractivity contribution is 6.30. The maximum atomic E-state index is 13.1. The summed E-state index contributed by atoms with van der Waals surface area (Å²) in [6, 6.07) is 22.2. The molecular formula is C25H23ClN2O3. The van der Waals surface area contributed by atoms with Crippen LogP contribution in [0.15, 0.2) is 72.8 Å². The van der Waals surface area contributed by atoms with Crippen molar-refractivity contribution in [1.82, 2.24) is 9.80 Å². The summed E-state index contributed by atoms with van der Waals surface area (Å²) in [4.78, 5) is 29.4. The summed E-state index contributed by atoms with van der Waals surface area (Å²) in [6.07, 6.45) is 0. The lowest BCUT2D eigenvalue weighted by Gasteiger charge is -2.35. The molecule has 158 valence electrons. The van der Waals surface area contributed by atoms with E-state index in [0.717, 1.165) is 16.9 Å². The van der Waals surface area contributed by atoms with Gasteiger partial charge in [0.1, 0.15) is 5.75 Å². The first-order valence-corrected chi connectivity index (χ1v) is 10.5. The number of carbonyl (C=O) groups is 2. The molecule has 1 saturated heterocycles. The number of hydrogen-bond donors (Lipinski definition) is 0. The molecule has 3 aromatic carbocycles.